The van der Waals surface area contributed by atoms with Crippen LogP contribution in [-0.2, 0) is 5.41 Å². The Bertz CT molecular complexity index is 3740. The summed E-state index contributed by atoms with van der Waals surface area (Å²) in [7, 11) is -2.73. The van der Waals surface area contributed by atoms with Crippen molar-refractivity contribution in [2.24, 2.45) is 0 Å². The summed E-state index contributed by atoms with van der Waals surface area (Å²) in [5, 5.41) is 7.65. The van der Waals surface area contributed by atoms with E-state index >= 15 is 0 Å². The zero-order valence-corrected chi connectivity index (χ0v) is 40.4. The number of para-hydroxylation sites is 1. The predicted octanol–water partition coefficient (Wildman–Crippen LogP) is 13.3. The van der Waals surface area contributed by atoms with E-state index in [1.54, 1.807) is 0 Å². The van der Waals surface area contributed by atoms with Gasteiger partial charge in [0, 0.05) is 34.7 Å². The molecule has 0 unspecified atom stereocenters. The molecule has 0 aliphatic carbocycles. The van der Waals surface area contributed by atoms with Crippen LogP contribution in [0.25, 0.3) is 66.6 Å². The molecule has 0 N–H and O–H groups in total. The van der Waals surface area contributed by atoms with Crippen molar-refractivity contribution in [1.29, 1.82) is 0 Å². The zero-order chi connectivity index (χ0) is 47.2. The molecule has 12 rings (SSSR count). The summed E-state index contributed by atoms with van der Waals surface area (Å²) in [5.74, 6) is 2.35. The van der Waals surface area contributed by atoms with E-state index in [0.717, 1.165) is 67.0 Å². The average molecular weight is 919 g/mol. The summed E-state index contributed by atoms with van der Waals surface area (Å²) in [6.45, 7) is 6.72. The maximum atomic E-state index is 6.78. The summed E-state index contributed by atoms with van der Waals surface area (Å²) in [6.07, 6.45) is 3.86. The van der Waals surface area contributed by atoms with Crippen LogP contribution in [0.2, 0.25) is 0 Å². The zero-order valence-electron chi connectivity index (χ0n) is 39.4. The van der Waals surface area contributed by atoms with Gasteiger partial charge in [0.15, 0.2) is 8.07 Å². The van der Waals surface area contributed by atoms with Crippen molar-refractivity contribution < 1.29 is 4.74 Å². The smallest absolute Gasteiger partial charge is 0.179 e. The highest BCUT2D eigenvalue weighted by Crippen LogP contribution is 2.38. The highest BCUT2D eigenvalue weighted by atomic mass is 28.3. The lowest BCUT2D eigenvalue weighted by molar-refractivity contribution is 0.483. The number of pyridine rings is 1. The van der Waals surface area contributed by atoms with E-state index in [1.165, 1.54) is 37.4 Å². The summed E-state index contributed by atoms with van der Waals surface area (Å²) in [4.78, 5) is 10.1. The molecule has 0 radical (unpaired) electrons. The molecule has 12 aromatic rings. The number of nitrogens with zero attached hydrogens (tertiary/aromatic N) is 4. The van der Waals surface area contributed by atoms with Crippen molar-refractivity contribution in [2.45, 2.75) is 26.2 Å². The maximum absolute atomic E-state index is 6.78. The van der Waals surface area contributed by atoms with Gasteiger partial charge in [-0.25, -0.2) is 9.97 Å². The van der Waals surface area contributed by atoms with Crippen LogP contribution in [0.1, 0.15) is 26.3 Å². The summed E-state index contributed by atoms with van der Waals surface area (Å²) in [5.41, 5.74) is 10.8. The molecule has 0 aliphatic rings. The third-order valence-electron chi connectivity index (χ3n) is 13.8. The van der Waals surface area contributed by atoms with Gasteiger partial charge in [-0.1, -0.05) is 191 Å². The van der Waals surface area contributed by atoms with Crippen LogP contribution in [0.15, 0.2) is 249 Å². The van der Waals surface area contributed by atoms with E-state index in [1.807, 2.05) is 24.7 Å². The Balaban J connectivity index is 0.921. The van der Waals surface area contributed by atoms with E-state index in [9.17, 15) is 0 Å². The van der Waals surface area contributed by atoms with Crippen LogP contribution in [0.5, 0.6) is 11.5 Å². The maximum Gasteiger partial charge on any atom is 0.179 e. The molecular formula is C64H50N4OSi. The van der Waals surface area contributed by atoms with E-state index in [0.29, 0.717) is 0 Å². The molecule has 0 atom stereocenters. The Morgan fingerprint density at radius 3 is 1.76 bits per heavy atom. The number of benzene rings is 9. The number of ether oxygens (including phenoxy) is 1. The Hall–Kier alpha value is -8.58. The second-order valence-corrected chi connectivity index (χ2v) is 22.9. The second-order valence-electron chi connectivity index (χ2n) is 19.1. The molecule has 0 fully saturated rings. The minimum Gasteiger partial charge on any atom is -0.457 e. The Morgan fingerprint density at radius 2 is 1.06 bits per heavy atom. The first-order chi connectivity index (χ1) is 34.3. The van der Waals surface area contributed by atoms with Crippen molar-refractivity contribution in [3.63, 3.8) is 0 Å². The normalized spacial score (nSPS) is 11.9. The first-order valence-electron chi connectivity index (χ1n) is 24.0. The minimum absolute atomic E-state index is 0.0362. The highest BCUT2D eigenvalue weighted by molar-refractivity contribution is 7.19. The SMILES string of the molecule is CC(C)(C)c1ccnc(-n2c3ccc(-c4ccccc4)cc3c3ccc(Oc4cccc(-n5cnc6c(-c7cccc([Si](c8ccccc8)(c8ccccc8)c8ccccc8)c7)cccc65)c4)cc32)c1. The van der Waals surface area contributed by atoms with Crippen LogP contribution in [-0.4, -0.2) is 27.2 Å². The third kappa shape index (κ3) is 7.50. The largest absolute Gasteiger partial charge is 0.457 e. The molecule has 5 nitrogen and oxygen atoms in total. The van der Waals surface area contributed by atoms with E-state index in [-0.39, 0.29) is 5.41 Å². The lowest BCUT2D eigenvalue weighted by Gasteiger charge is -2.34. The molecule has 0 amide bonds. The summed E-state index contributed by atoms with van der Waals surface area (Å²) in [6, 6.07) is 85.2. The van der Waals surface area contributed by atoms with Gasteiger partial charge >= 0.3 is 0 Å². The van der Waals surface area contributed by atoms with E-state index < -0.39 is 8.07 Å². The van der Waals surface area contributed by atoms with Gasteiger partial charge in [-0.2, -0.15) is 0 Å². The molecule has 3 heterocycles. The lowest BCUT2D eigenvalue weighted by Crippen LogP contribution is -2.74. The van der Waals surface area contributed by atoms with Crippen LogP contribution < -0.4 is 25.5 Å². The van der Waals surface area contributed by atoms with Crippen molar-refractivity contribution in [3.8, 4) is 45.3 Å². The second kappa shape index (κ2) is 17.5. The molecule has 0 saturated heterocycles. The first-order valence-corrected chi connectivity index (χ1v) is 26.0. The lowest BCUT2D eigenvalue weighted by atomic mass is 9.88. The van der Waals surface area contributed by atoms with Crippen molar-refractivity contribution in [2.75, 3.05) is 0 Å². The van der Waals surface area contributed by atoms with Gasteiger partial charge in [-0.15, -0.1) is 0 Å². The molecule has 0 aliphatic heterocycles. The summed E-state index contributed by atoms with van der Waals surface area (Å²) < 4.78 is 11.2. The Morgan fingerprint density at radius 1 is 0.429 bits per heavy atom. The molecule has 0 spiro atoms. The van der Waals surface area contributed by atoms with Crippen molar-refractivity contribution in [1.82, 2.24) is 19.1 Å². The number of hydrogen-bond donors (Lipinski definition) is 0. The monoisotopic (exact) mass is 918 g/mol. The highest BCUT2D eigenvalue weighted by Gasteiger charge is 2.41. The molecule has 6 heteroatoms. The van der Waals surface area contributed by atoms with E-state index in [2.05, 4.69) is 254 Å². The first kappa shape index (κ1) is 42.7. The average Bonchev–Trinajstić information content (AvgIpc) is 3.99. The van der Waals surface area contributed by atoms with Gasteiger partial charge in [0.1, 0.15) is 23.6 Å². The molecular weight excluding hydrogens is 869 g/mol. The van der Waals surface area contributed by atoms with Crippen LogP contribution >= 0.6 is 0 Å². The van der Waals surface area contributed by atoms with Crippen LogP contribution in [0, 0.1) is 0 Å². The topological polar surface area (TPSA) is 44.9 Å². The van der Waals surface area contributed by atoms with Gasteiger partial charge in [-0.3, -0.25) is 9.13 Å². The molecule has 336 valence electrons. The standard InChI is InChI=1S/C64H50N4OSi/c1-64(2,3)48-37-38-65-62(41-48)68-59-36-33-46(45-19-8-4-9-20-45)40-58(59)57-35-34-51(43-61(57)68)69-50-23-17-22-49(42-50)67-44-66-63-56(31-18-32-60(63)67)47-21-16-30-55(39-47)70(52-24-10-5-11-25-52,53-26-12-6-13-27-53)54-28-14-7-15-29-54/h4-44H,1-3H3. The molecule has 0 bridgehead atoms. The number of hydrogen-bond acceptors (Lipinski definition) is 3. The fourth-order valence-corrected chi connectivity index (χ4v) is 15.2. The predicted molar refractivity (Wildman–Crippen MR) is 293 cm³/mol. The van der Waals surface area contributed by atoms with Gasteiger partial charge in [-0.05, 0) is 103 Å². The van der Waals surface area contributed by atoms with Gasteiger partial charge in [0.2, 0.25) is 0 Å². The van der Waals surface area contributed by atoms with Crippen molar-refractivity contribution >= 4 is 61.7 Å². The Kier molecular flexibility index (Phi) is 10.7. The molecule has 9 aromatic carbocycles. The van der Waals surface area contributed by atoms with Crippen LogP contribution in [0.4, 0.5) is 0 Å². The molecule has 0 saturated carbocycles. The van der Waals surface area contributed by atoms with Crippen LogP contribution in [0.3, 0.4) is 0 Å². The number of fused-ring (bicyclic) bond motifs is 4. The number of rotatable bonds is 10. The third-order valence-corrected chi connectivity index (χ3v) is 18.6. The quantitative estimate of drug-likeness (QED) is 0.101. The fraction of sp³-hybridized carbons (Fsp3) is 0.0625. The van der Waals surface area contributed by atoms with Gasteiger partial charge in [0.25, 0.3) is 0 Å². The van der Waals surface area contributed by atoms with Gasteiger partial charge in [0.05, 0.1) is 27.8 Å². The Labute approximate surface area is 409 Å². The van der Waals surface area contributed by atoms with Gasteiger partial charge < -0.3 is 4.74 Å². The summed E-state index contributed by atoms with van der Waals surface area (Å²) >= 11 is 0. The fourth-order valence-electron chi connectivity index (χ4n) is 10.4. The number of imidazole rings is 1. The van der Waals surface area contributed by atoms with Crippen molar-refractivity contribution in [3.05, 3.63) is 255 Å². The number of aromatic nitrogens is 4. The van der Waals surface area contributed by atoms with E-state index in [4.69, 9.17) is 14.7 Å². The molecule has 70 heavy (non-hydrogen) atoms. The minimum atomic E-state index is -2.73. The molecule has 3 aromatic heterocycles.